The molecule has 0 saturated carbocycles. The zero-order valence-electron chi connectivity index (χ0n) is 17.0. The fraction of sp³-hybridized carbons (Fsp3) is 0.409. The Kier molecular flexibility index (Phi) is 6.56. The van der Waals surface area contributed by atoms with Crippen LogP contribution < -0.4 is 10.9 Å². The van der Waals surface area contributed by atoms with Gasteiger partial charge in [-0.2, -0.15) is 4.98 Å². The van der Waals surface area contributed by atoms with Crippen LogP contribution in [0.25, 0.3) is 16.7 Å². The maximum atomic E-state index is 13.5. The lowest BCUT2D eigenvalue weighted by Crippen LogP contribution is -2.25. The van der Waals surface area contributed by atoms with E-state index in [0.717, 1.165) is 31.2 Å². The summed E-state index contributed by atoms with van der Waals surface area (Å²) in [7, 11) is 0. The highest BCUT2D eigenvalue weighted by atomic mass is 19.3. The number of fused-ring (bicyclic) bond motifs is 1. The number of hydrogen-bond acceptors (Lipinski definition) is 4. The molecule has 0 aliphatic carbocycles. The Balaban J connectivity index is 2.19. The van der Waals surface area contributed by atoms with Crippen molar-refractivity contribution in [3.05, 3.63) is 58.0 Å². The molecule has 1 N–H and O–H groups in total. The maximum absolute atomic E-state index is 13.5. The highest BCUT2D eigenvalue weighted by Gasteiger charge is 2.20. The minimum Gasteiger partial charge on any atom is -0.351 e. The molecule has 0 saturated heterocycles. The number of nitrogens with one attached hydrogen (secondary N) is 1. The Bertz CT molecular complexity index is 1040. The molecule has 0 amide bonds. The molecular formula is C22H26F2N4O. The van der Waals surface area contributed by atoms with E-state index in [0.29, 0.717) is 22.7 Å². The van der Waals surface area contributed by atoms with Gasteiger partial charge in [-0.1, -0.05) is 38.8 Å². The first-order valence-electron chi connectivity index (χ1n) is 9.99. The normalized spacial score (nSPS) is 11.6. The Morgan fingerprint density at radius 2 is 1.86 bits per heavy atom. The second-order valence-corrected chi connectivity index (χ2v) is 7.27. The summed E-state index contributed by atoms with van der Waals surface area (Å²) in [5, 5.41) is 3.73. The SMILES string of the molecule is CCCC(CCC)Nc1ncc2cc(C(F)F)c(=O)n(-c3cccc(C)c3)c2n1. The number of halogens is 2. The van der Waals surface area contributed by atoms with Gasteiger partial charge in [0.2, 0.25) is 5.95 Å². The summed E-state index contributed by atoms with van der Waals surface area (Å²) in [5.41, 5.74) is 0.419. The minimum atomic E-state index is -2.88. The molecule has 0 unspecified atom stereocenters. The van der Waals surface area contributed by atoms with Crippen molar-refractivity contribution < 1.29 is 8.78 Å². The molecule has 0 atom stereocenters. The van der Waals surface area contributed by atoms with Gasteiger partial charge in [0.15, 0.2) is 5.65 Å². The molecule has 154 valence electrons. The summed E-state index contributed by atoms with van der Waals surface area (Å²) in [6.45, 7) is 6.12. The molecule has 0 fully saturated rings. The second kappa shape index (κ2) is 9.11. The van der Waals surface area contributed by atoms with Crippen LogP contribution in [0, 0.1) is 6.92 Å². The molecule has 0 spiro atoms. The summed E-state index contributed by atoms with van der Waals surface area (Å²) in [6, 6.07) is 8.58. The van der Waals surface area contributed by atoms with E-state index in [2.05, 4.69) is 29.1 Å². The van der Waals surface area contributed by atoms with Gasteiger partial charge in [-0.05, 0) is 43.5 Å². The first-order valence-corrected chi connectivity index (χ1v) is 9.99. The summed E-state index contributed by atoms with van der Waals surface area (Å²) < 4.78 is 28.2. The Morgan fingerprint density at radius 3 is 2.48 bits per heavy atom. The number of benzene rings is 1. The fourth-order valence-corrected chi connectivity index (χ4v) is 3.52. The van der Waals surface area contributed by atoms with E-state index < -0.39 is 17.5 Å². The maximum Gasteiger partial charge on any atom is 0.269 e. The van der Waals surface area contributed by atoms with Crippen LogP contribution in [-0.2, 0) is 0 Å². The molecule has 29 heavy (non-hydrogen) atoms. The van der Waals surface area contributed by atoms with Gasteiger partial charge < -0.3 is 5.32 Å². The Labute approximate surface area is 168 Å². The van der Waals surface area contributed by atoms with E-state index in [4.69, 9.17) is 0 Å². The number of rotatable bonds is 8. The van der Waals surface area contributed by atoms with Crippen molar-refractivity contribution in [2.45, 2.75) is 58.9 Å². The average Bonchev–Trinajstić information content (AvgIpc) is 2.67. The second-order valence-electron chi connectivity index (χ2n) is 7.27. The lowest BCUT2D eigenvalue weighted by molar-refractivity contribution is 0.149. The summed E-state index contributed by atoms with van der Waals surface area (Å²) in [5.74, 6) is 0.398. The lowest BCUT2D eigenvalue weighted by atomic mass is 10.1. The van der Waals surface area contributed by atoms with Gasteiger partial charge in [-0.15, -0.1) is 0 Å². The van der Waals surface area contributed by atoms with Gasteiger partial charge in [0.1, 0.15) is 0 Å². The third-order valence-electron chi connectivity index (χ3n) is 4.87. The standard InChI is InChI=1S/C22H26F2N4O/c1-4-7-16(8-5-2)26-22-25-13-15-12-18(19(23)24)21(29)28(20(15)27-22)17-10-6-9-14(3)11-17/h6,9-13,16,19H,4-5,7-8H2,1-3H3,(H,25,26,27). The van der Waals surface area contributed by atoms with Crippen molar-refractivity contribution in [2.75, 3.05) is 5.32 Å². The van der Waals surface area contributed by atoms with E-state index in [-0.39, 0.29) is 6.04 Å². The molecule has 0 radical (unpaired) electrons. The highest BCUT2D eigenvalue weighted by molar-refractivity contribution is 5.78. The molecular weight excluding hydrogens is 374 g/mol. The predicted octanol–water partition coefficient (Wildman–Crippen LogP) is 5.41. The molecule has 0 aliphatic heterocycles. The van der Waals surface area contributed by atoms with Crippen LogP contribution in [0.15, 0.2) is 41.3 Å². The first kappa shape index (κ1) is 20.9. The van der Waals surface area contributed by atoms with Crippen LogP contribution in [0.3, 0.4) is 0 Å². The molecule has 2 aromatic heterocycles. The smallest absolute Gasteiger partial charge is 0.269 e. The number of alkyl halides is 2. The van der Waals surface area contributed by atoms with Gasteiger partial charge >= 0.3 is 0 Å². The summed E-state index contributed by atoms with van der Waals surface area (Å²) in [4.78, 5) is 21.7. The molecule has 3 rings (SSSR count). The molecule has 0 bridgehead atoms. The lowest BCUT2D eigenvalue weighted by Gasteiger charge is -2.18. The summed E-state index contributed by atoms with van der Waals surface area (Å²) >= 11 is 0. The van der Waals surface area contributed by atoms with Gasteiger partial charge in [-0.3, -0.25) is 9.36 Å². The number of anilines is 1. The molecule has 3 aromatic rings. The van der Waals surface area contributed by atoms with E-state index in [9.17, 15) is 13.6 Å². The average molecular weight is 400 g/mol. The van der Waals surface area contributed by atoms with Crippen LogP contribution in [0.2, 0.25) is 0 Å². The molecule has 0 aliphatic rings. The van der Waals surface area contributed by atoms with Gasteiger partial charge in [0.05, 0.1) is 11.3 Å². The fourth-order valence-electron chi connectivity index (χ4n) is 3.52. The molecule has 1 aromatic carbocycles. The summed E-state index contributed by atoms with van der Waals surface area (Å²) in [6.07, 6.45) is 2.62. The van der Waals surface area contributed by atoms with Crippen LogP contribution in [0.4, 0.5) is 14.7 Å². The van der Waals surface area contributed by atoms with Gasteiger partial charge in [0.25, 0.3) is 12.0 Å². The monoisotopic (exact) mass is 400 g/mol. The topological polar surface area (TPSA) is 59.8 Å². The van der Waals surface area contributed by atoms with E-state index >= 15 is 0 Å². The van der Waals surface area contributed by atoms with Gasteiger partial charge in [-0.25, -0.2) is 13.8 Å². The van der Waals surface area contributed by atoms with Crippen LogP contribution in [0.5, 0.6) is 0 Å². The molecule has 5 nitrogen and oxygen atoms in total. The number of aromatic nitrogens is 3. The predicted molar refractivity (Wildman–Crippen MR) is 112 cm³/mol. The minimum absolute atomic E-state index is 0.224. The van der Waals surface area contributed by atoms with E-state index in [1.54, 1.807) is 18.2 Å². The van der Waals surface area contributed by atoms with Crippen molar-refractivity contribution in [1.82, 2.24) is 14.5 Å². The van der Waals surface area contributed by atoms with Crippen molar-refractivity contribution in [3.63, 3.8) is 0 Å². The highest BCUT2D eigenvalue weighted by Crippen LogP contribution is 2.23. The zero-order chi connectivity index (χ0) is 21.0. The largest absolute Gasteiger partial charge is 0.351 e. The van der Waals surface area contributed by atoms with Crippen molar-refractivity contribution in [1.29, 1.82) is 0 Å². The third-order valence-corrected chi connectivity index (χ3v) is 4.87. The zero-order valence-corrected chi connectivity index (χ0v) is 17.0. The third kappa shape index (κ3) is 4.60. The van der Waals surface area contributed by atoms with Crippen LogP contribution in [-0.4, -0.2) is 20.6 Å². The first-order chi connectivity index (χ1) is 13.9. The van der Waals surface area contributed by atoms with Crippen LogP contribution in [0.1, 0.15) is 57.1 Å². The Morgan fingerprint density at radius 1 is 1.14 bits per heavy atom. The Hall–Kier alpha value is -2.83. The van der Waals surface area contributed by atoms with Crippen molar-refractivity contribution in [2.24, 2.45) is 0 Å². The number of aryl methyl sites for hydroxylation is 1. The van der Waals surface area contributed by atoms with Crippen molar-refractivity contribution in [3.8, 4) is 5.69 Å². The number of pyridine rings is 1. The van der Waals surface area contributed by atoms with Crippen LogP contribution >= 0.6 is 0 Å². The number of hydrogen-bond donors (Lipinski definition) is 1. The van der Waals surface area contributed by atoms with E-state index in [1.165, 1.54) is 16.8 Å². The quantitative estimate of drug-likeness (QED) is 0.549. The van der Waals surface area contributed by atoms with Gasteiger partial charge in [0, 0.05) is 17.6 Å². The molecule has 2 heterocycles. The van der Waals surface area contributed by atoms with Crippen molar-refractivity contribution >= 4 is 17.0 Å². The molecule has 7 heteroatoms. The number of nitrogens with zero attached hydrogens (tertiary/aromatic N) is 3. The van der Waals surface area contributed by atoms with E-state index in [1.807, 2.05) is 13.0 Å².